The summed E-state index contributed by atoms with van der Waals surface area (Å²) >= 11 is 0. The van der Waals surface area contributed by atoms with E-state index in [4.69, 9.17) is 4.52 Å². The average Bonchev–Trinajstić information content (AvgIpc) is 3.56. The maximum absolute atomic E-state index is 12.8. The van der Waals surface area contributed by atoms with Crippen LogP contribution in [0.2, 0.25) is 0 Å². The summed E-state index contributed by atoms with van der Waals surface area (Å²) in [5, 5.41) is 16.4. The lowest BCUT2D eigenvalue weighted by atomic mass is 10.0. The van der Waals surface area contributed by atoms with Crippen molar-refractivity contribution < 1.29 is 19.2 Å². The van der Waals surface area contributed by atoms with E-state index >= 15 is 0 Å². The number of aryl methyl sites for hydroxylation is 2. The SMILES string of the molecule is Cc1ccc(C[C@@H](CNC(=O)c2ccno2)n2/c(=N/C(=O)O)n(Cc3ccc(C)cc3)c3ccccc32)cc1. The molecule has 0 aliphatic carbocycles. The standard InChI is InChI=1S/C30H29N5O4/c1-20-7-11-22(12-8-20)17-24(18-31-28(36)27-15-16-32-39-27)35-26-6-4-3-5-25(26)34(29(35)33-30(37)38)19-23-13-9-21(2)10-14-23/h3-16,24H,17-19H2,1-2H3,(H,31,36)(H,37,38)/b33-29+/t24-/m0/s1. The van der Waals surface area contributed by atoms with Crippen molar-refractivity contribution in [2.75, 3.05) is 6.54 Å². The third kappa shape index (κ3) is 5.82. The number of fused-ring (bicyclic) bond motifs is 1. The molecule has 0 fully saturated rings. The normalized spacial score (nSPS) is 12.5. The van der Waals surface area contributed by atoms with Gasteiger partial charge in [-0.15, -0.1) is 4.99 Å². The van der Waals surface area contributed by atoms with Crippen molar-refractivity contribution in [1.29, 1.82) is 0 Å². The number of aromatic nitrogens is 3. The summed E-state index contributed by atoms with van der Waals surface area (Å²) < 4.78 is 8.85. The van der Waals surface area contributed by atoms with Crippen LogP contribution in [0.25, 0.3) is 11.0 Å². The quantitative estimate of drug-likeness (QED) is 0.301. The van der Waals surface area contributed by atoms with E-state index in [1.54, 1.807) is 0 Å². The molecule has 9 nitrogen and oxygen atoms in total. The minimum atomic E-state index is -1.29. The Kier molecular flexibility index (Phi) is 7.40. The van der Waals surface area contributed by atoms with Gasteiger partial charge in [0.15, 0.2) is 0 Å². The van der Waals surface area contributed by atoms with Crippen LogP contribution in [0.15, 0.2) is 94.6 Å². The molecule has 3 aromatic carbocycles. The van der Waals surface area contributed by atoms with E-state index in [0.29, 0.717) is 13.0 Å². The lowest BCUT2D eigenvalue weighted by molar-refractivity contribution is 0.0910. The molecule has 2 heterocycles. The van der Waals surface area contributed by atoms with Crippen LogP contribution >= 0.6 is 0 Å². The van der Waals surface area contributed by atoms with Gasteiger partial charge in [0.2, 0.25) is 11.4 Å². The Labute approximate surface area is 225 Å². The number of rotatable bonds is 8. The topological polar surface area (TPSA) is 115 Å². The van der Waals surface area contributed by atoms with Crippen LogP contribution in [0.4, 0.5) is 4.79 Å². The van der Waals surface area contributed by atoms with Gasteiger partial charge in [-0.2, -0.15) is 0 Å². The molecule has 198 valence electrons. The summed E-state index contributed by atoms with van der Waals surface area (Å²) in [6.07, 6.45) is 0.648. The first-order chi connectivity index (χ1) is 18.9. The molecule has 0 saturated heterocycles. The number of nitrogens with one attached hydrogen (secondary N) is 1. The number of hydrogen-bond donors (Lipinski definition) is 2. The molecular weight excluding hydrogens is 494 g/mol. The monoisotopic (exact) mass is 523 g/mol. The van der Waals surface area contributed by atoms with E-state index in [9.17, 15) is 14.7 Å². The zero-order chi connectivity index (χ0) is 27.4. The van der Waals surface area contributed by atoms with Gasteiger partial charge in [-0.3, -0.25) is 4.79 Å². The molecule has 0 saturated carbocycles. The summed E-state index contributed by atoms with van der Waals surface area (Å²) in [4.78, 5) is 28.8. The number of hydrogen-bond acceptors (Lipinski definition) is 4. The molecule has 9 heteroatoms. The Morgan fingerprint density at radius 3 is 2.18 bits per heavy atom. The molecule has 2 amide bonds. The first-order valence-electron chi connectivity index (χ1n) is 12.7. The van der Waals surface area contributed by atoms with Crippen LogP contribution in [-0.2, 0) is 13.0 Å². The van der Waals surface area contributed by atoms with Gasteiger partial charge < -0.3 is 24.1 Å². The number of carboxylic acid groups (broad SMARTS) is 1. The highest BCUT2D eigenvalue weighted by molar-refractivity contribution is 5.91. The fourth-order valence-electron chi connectivity index (χ4n) is 4.71. The second-order valence-electron chi connectivity index (χ2n) is 9.56. The van der Waals surface area contributed by atoms with E-state index in [0.717, 1.165) is 33.3 Å². The van der Waals surface area contributed by atoms with Crippen LogP contribution in [0.3, 0.4) is 0 Å². The number of para-hydroxylation sites is 2. The van der Waals surface area contributed by atoms with Gasteiger partial charge >= 0.3 is 6.09 Å². The van der Waals surface area contributed by atoms with E-state index in [-0.39, 0.29) is 24.0 Å². The van der Waals surface area contributed by atoms with Gasteiger partial charge in [0.05, 0.1) is 29.8 Å². The lowest BCUT2D eigenvalue weighted by Gasteiger charge is -2.21. The molecule has 0 unspecified atom stereocenters. The Morgan fingerprint density at radius 2 is 1.56 bits per heavy atom. The van der Waals surface area contributed by atoms with Gasteiger partial charge in [0.1, 0.15) is 0 Å². The number of carbonyl (C=O) groups is 2. The zero-order valence-corrected chi connectivity index (χ0v) is 21.7. The zero-order valence-electron chi connectivity index (χ0n) is 21.7. The van der Waals surface area contributed by atoms with Crippen molar-refractivity contribution in [2.24, 2.45) is 4.99 Å². The van der Waals surface area contributed by atoms with E-state index in [1.807, 2.05) is 95.8 Å². The third-order valence-corrected chi connectivity index (χ3v) is 6.66. The maximum atomic E-state index is 12.8. The second-order valence-corrected chi connectivity index (χ2v) is 9.56. The molecule has 0 radical (unpaired) electrons. The Balaban J connectivity index is 1.64. The molecule has 5 aromatic rings. The van der Waals surface area contributed by atoms with Crippen molar-refractivity contribution in [1.82, 2.24) is 19.6 Å². The van der Waals surface area contributed by atoms with Crippen LogP contribution in [0.1, 0.15) is 38.9 Å². The highest BCUT2D eigenvalue weighted by Crippen LogP contribution is 2.22. The van der Waals surface area contributed by atoms with Crippen molar-refractivity contribution in [3.8, 4) is 0 Å². The van der Waals surface area contributed by atoms with Crippen LogP contribution in [0.5, 0.6) is 0 Å². The van der Waals surface area contributed by atoms with Crippen molar-refractivity contribution in [3.05, 3.63) is 119 Å². The highest BCUT2D eigenvalue weighted by Gasteiger charge is 2.22. The molecule has 0 bridgehead atoms. The number of imidazole rings is 1. The molecule has 2 aromatic heterocycles. The summed E-state index contributed by atoms with van der Waals surface area (Å²) in [7, 11) is 0. The fraction of sp³-hybridized carbons (Fsp3) is 0.200. The second kappa shape index (κ2) is 11.2. The Morgan fingerprint density at radius 1 is 0.923 bits per heavy atom. The van der Waals surface area contributed by atoms with Crippen LogP contribution in [-0.4, -0.2) is 37.9 Å². The predicted molar refractivity (Wildman–Crippen MR) is 147 cm³/mol. The van der Waals surface area contributed by atoms with E-state index < -0.39 is 12.0 Å². The molecule has 2 N–H and O–H groups in total. The fourth-order valence-corrected chi connectivity index (χ4v) is 4.71. The molecule has 39 heavy (non-hydrogen) atoms. The molecule has 5 rings (SSSR count). The minimum Gasteiger partial charge on any atom is -0.463 e. The number of nitrogens with zero attached hydrogens (tertiary/aromatic N) is 4. The summed E-state index contributed by atoms with van der Waals surface area (Å²) in [5.74, 6) is -0.298. The predicted octanol–water partition coefficient (Wildman–Crippen LogP) is 4.89. The van der Waals surface area contributed by atoms with Crippen molar-refractivity contribution in [2.45, 2.75) is 32.9 Å². The van der Waals surface area contributed by atoms with E-state index in [1.165, 1.54) is 12.3 Å². The van der Waals surface area contributed by atoms with Gasteiger partial charge in [-0.25, -0.2) is 4.79 Å². The third-order valence-electron chi connectivity index (χ3n) is 6.66. The number of benzene rings is 3. The van der Waals surface area contributed by atoms with Gasteiger partial charge in [-0.1, -0.05) is 76.9 Å². The summed E-state index contributed by atoms with van der Waals surface area (Å²) in [6, 6.07) is 25.1. The van der Waals surface area contributed by atoms with E-state index in [2.05, 4.69) is 15.5 Å². The molecule has 0 spiro atoms. The molecule has 0 aliphatic heterocycles. The molecular formula is C30H29N5O4. The lowest BCUT2D eigenvalue weighted by Crippen LogP contribution is -2.37. The summed E-state index contributed by atoms with van der Waals surface area (Å²) in [6.45, 7) is 4.69. The Bertz CT molecular complexity index is 1660. The average molecular weight is 524 g/mol. The van der Waals surface area contributed by atoms with Gasteiger partial charge in [0, 0.05) is 12.6 Å². The highest BCUT2D eigenvalue weighted by atomic mass is 16.5. The summed E-state index contributed by atoms with van der Waals surface area (Å²) in [5.41, 5.74) is 6.28. The van der Waals surface area contributed by atoms with Crippen LogP contribution < -0.4 is 10.9 Å². The maximum Gasteiger partial charge on any atom is 0.434 e. The minimum absolute atomic E-state index is 0.103. The first-order valence-corrected chi connectivity index (χ1v) is 12.7. The van der Waals surface area contributed by atoms with Gasteiger partial charge in [-0.05, 0) is 43.5 Å². The van der Waals surface area contributed by atoms with Crippen molar-refractivity contribution >= 4 is 23.0 Å². The smallest absolute Gasteiger partial charge is 0.434 e. The van der Waals surface area contributed by atoms with Crippen molar-refractivity contribution in [3.63, 3.8) is 0 Å². The van der Waals surface area contributed by atoms with Gasteiger partial charge in [0.25, 0.3) is 5.91 Å². The number of carbonyl (C=O) groups excluding carboxylic acids is 1. The Hall–Kier alpha value is -4.92. The largest absolute Gasteiger partial charge is 0.463 e. The first kappa shape index (κ1) is 25.7. The molecule has 0 aliphatic rings. The van der Waals surface area contributed by atoms with Crippen LogP contribution in [0, 0.1) is 13.8 Å². The number of amides is 2. The molecule has 1 atom stereocenters.